The number of carboxylic acid groups (broad SMARTS) is 1. The summed E-state index contributed by atoms with van der Waals surface area (Å²) in [5, 5.41) is 10.9. The van der Waals surface area contributed by atoms with Crippen molar-refractivity contribution in [2.45, 2.75) is 32.0 Å². The van der Waals surface area contributed by atoms with Crippen molar-refractivity contribution in [1.29, 1.82) is 0 Å². The first-order chi connectivity index (χ1) is 7.72. The summed E-state index contributed by atoms with van der Waals surface area (Å²) in [5.41, 5.74) is 0. The summed E-state index contributed by atoms with van der Waals surface area (Å²) in [6, 6.07) is -1.05. The Morgan fingerprint density at radius 1 is 1.41 bits per heavy atom. The molecule has 0 aromatic rings. The van der Waals surface area contributed by atoms with Gasteiger partial charge in [-0.15, -0.1) is 0 Å². The minimum absolute atomic E-state index is 0.0550. The summed E-state index contributed by atoms with van der Waals surface area (Å²) in [6.07, 6.45) is -5.11. The second-order valence-electron chi connectivity index (χ2n) is 3.38. The number of halogens is 3. The second kappa shape index (κ2) is 7.41. The molecular weight excluding hydrogens is 259 g/mol. The Morgan fingerprint density at radius 3 is 2.41 bits per heavy atom. The normalized spacial score (nSPS) is 13.2. The van der Waals surface area contributed by atoms with Crippen LogP contribution >= 0.6 is 11.8 Å². The molecule has 0 aromatic carbocycles. The number of thioether (sulfide) groups is 1. The van der Waals surface area contributed by atoms with Crippen molar-refractivity contribution in [1.82, 2.24) is 5.32 Å². The molecular formula is C9H14F3NO3S. The highest BCUT2D eigenvalue weighted by Gasteiger charge is 2.26. The molecule has 17 heavy (non-hydrogen) atoms. The monoisotopic (exact) mass is 273 g/mol. The molecule has 0 aliphatic carbocycles. The Hall–Kier alpha value is -0.920. The SMILES string of the molecule is CC(=O)N[C@@H](CSCCCC(F)(F)F)C(=O)O. The van der Waals surface area contributed by atoms with Crippen LogP contribution in [0.5, 0.6) is 0 Å². The van der Waals surface area contributed by atoms with E-state index >= 15 is 0 Å². The van der Waals surface area contributed by atoms with Crippen molar-refractivity contribution in [2.24, 2.45) is 0 Å². The summed E-state index contributed by atoms with van der Waals surface area (Å²) < 4.78 is 35.3. The third-order valence-electron chi connectivity index (χ3n) is 1.71. The van der Waals surface area contributed by atoms with Gasteiger partial charge >= 0.3 is 12.1 Å². The molecule has 4 nitrogen and oxygen atoms in total. The zero-order valence-corrected chi connectivity index (χ0v) is 10.0. The average Bonchev–Trinajstić information content (AvgIpc) is 2.12. The quantitative estimate of drug-likeness (QED) is 0.692. The molecule has 0 bridgehead atoms. The van der Waals surface area contributed by atoms with Crippen LogP contribution in [0.1, 0.15) is 19.8 Å². The Balaban J connectivity index is 3.76. The number of carboxylic acids is 1. The van der Waals surface area contributed by atoms with Crippen LogP contribution in [-0.2, 0) is 9.59 Å². The Morgan fingerprint density at radius 2 is 2.00 bits per heavy atom. The average molecular weight is 273 g/mol. The van der Waals surface area contributed by atoms with Crippen molar-refractivity contribution in [3.05, 3.63) is 0 Å². The summed E-state index contributed by atoms with van der Waals surface area (Å²) in [6.45, 7) is 1.18. The van der Waals surface area contributed by atoms with Gasteiger partial charge in [-0.3, -0.25) is 4.79 Å². The molecule has 1 amide bonds. The largest absolute Gasteiger partial charge is 0.480 e. The lowest BCUT2D eigenvalue weighted by molar-refractivity contribution is -0.140. The lowest BCUT2D eigenvalue weighted by atomic mass is 10.3. The molecule has 0 heterocycles. The number of nitrogens with one attached hydrogen (secondary N) is 1. The lowest BCUT2D eigenvalue weighted by Gasteiger charge is -2.12. The fraction of sp³-hybridized carbons (Fsp3) is 0.778. The lowest BCUT2D eigenvalue weighted by Crippen LogP contribution is -2.41. The van der Waals surface area contributed by atoms with Crippen LogP contribution in [0.4, 0.5) is 13.2 Å². The molecule has 0 unspecified atom stereocenters. The predicted molar refractivity (Wildman–Crippen MR) is 57.9 cm³/mol. The van der Waals surface area contributed by atoms with Crippen LogP contribution in [0.2, 0.25) is 0 Å². The van der Waals surface area contributed by atoms with Crippen molar-refractivity contribution in [3.63, 3.8) is 0 Å². The molecule has 100 valence electrons. The number of hydrogen-bond donors (Lipinski definition) is 2. The highest BCUT2D eigenvalue weighted by Crippen LogP contribution is 2.22. The maximum atomic E-state index is 11.8. The van der Waals surface area contributed by atoms with Crippen LogP contribution in [0.3, 0.4) is 0 Å². The van der Waals surface area contributed by atoms with Gasteiger partial charge in [0, 0.05) is 19.1 Å². The van der Waals surface area contributed by atoms with E-state index in [4.69, 9.17) is 5.11 Å². The first kappa shape index (κ1) is 16.1. The van der Waals surface area contributed by atoms with Gasteiger partial charge in [-0.1, -0.05) is 0 Å². The van der Waals surface area contributed by atoms with Gasteiger partial charge < -0.3 is 10.4 Å². The number of carbonyl (C=O) groups excluding carboxylic acids is 1. The zero-order valence-electron chi connectivity index (χ0n) is 9.21. The van der Waals surface area contributed by atoms with E-state index in [9.17, 15) is 22.8 Å². The van der Waals surface area contributed by atoms with Crippen molar-refractivity contribution < 1.29 is 27.9 Å². The Bertz CT molecular complexity index is 271. The number of aliphatic carboxylic acids is 1. The van der Waals surface area contributed by atoms with Gasteiger partial charge in [-0.25, -0.2) is 4.79 Å². The highest BCUT2D eigenvalue weighted by atomic mass is 32.2. The van der Waals surface area contributed by atoms with Crippen molar-refractivity contribution in [2.75, 3.05) is 11.5 Å². The van der Waals surface area contributed by atoms with Crippen molar-refractivity contribution >= 4 is 23.6 Å². The van der Waals surface area contributed by atoms with Gasteiger partial charge in [-0.2, -0.15) is 24.9 Å². The molecule has 0 saturated heterocycles. The molecule has 0 radical (unpaired) electrons. The Kier molecular flexibility index (Phi) is 7.01. The number of amides is 1. The third-order valence-corrected chi connectivity index (χ3v) is 2.86. The standard InChI is InChI=1S/C9H14F3NO3S/c1-6(14)13-7(8(15)16)5-17-4-2-3-9(10,11)12/h7H,2-5H2,1H3,(H,13,14)(H,15,16)/t7-/m0/s1. The minimum atomic E-state index is -4.18. The maximum absolute atomic E-state index is 11.8. The van der Waals surface area contributed by atoms with E-state index in [1.165, 1.54) is 6.92 Å². The number of alkyl halides is 3. The fourth-order valence-electron chi connectivity index (χ4n) is 0.996. The van der Waals surface area contributed by atoms with E-state index < -0.39 is 30.5 Å². The van der Waals surface area contributed by atoms with Crippen LogP contribution in [0.15, 0.2) is 0 Å². The van der Waals surface area contributed by atoms with Gasteiger partial charge in [-0.05, 0) is 12.2 Å². The van der Waals surface area contributed by atoms with E-state index in [1.54, 1.807) is 0 Å². The van der Waals surface area contributed by atoms with Gasteiger partial charge in [0.1, 0.15) is 6.04 Å². The van der Waals surface area contributed by atoms with Gasteiger partial charge in [0.2, 0.25) is 5.91 Å². The number of carbonyl (C=O) groups is 2. The van der Waals surface area contributed by atoms with Gasteiger partial charge in [0.15, 0.2) is 0 Å². The zero-order chi connectivity index (χ0) is 13.5. The molecule has 0 rings (SSSR count). The molecule has 0 aliphatic heterocycles. The molecule has 1 atom stereocenters. The predicted octanol–water partition coefficient (Wildman–Crippen LogP) is 1.65. The van der Waals surface area contributed by atoms with Crippen molar-refractivity contribution in [3.8, 4) is 0 Å². The molecule has 0 aliphatic rings. The summed E-state index contributed by atoms with van der Waals surface area (Å²) in [5.74, 6) is -1.40. The molecule has 0 fully saturated rings. The molecule has 8 heteroatoms. The van der Waals surface area contributed by atoms with Crippen LogP contribution < -0.4 is 5.32 Å². The van der Waals surface area contributed by atoms with Crippen LogP contribution in [0.25, 0.3) is 0 Å². The van der Waals surface area contributed by atoms with E-state index in [1.807, 2.05) is 0 Å². The van der Waals surface area contributed by atoms with Crippen LogP contribution in [0, 0.1) is 0 Å². The maximum Gasteiger partial charge on any atom is 0.389 e. The number of rotatable bonds is 7. The summed E-state index contributed by atoms with van der Waals surface area (Å²) in [7, 11) is 0. The minimum Gasteiger partial charge on any atom is -0.480 e. The second-order valence-corrected chi connectivity index (χ2v) is 4.53. The summed E-state index contributed by atoms with van der Waals surface area (Å²) >= 11 is 1.08. The third kappa shape index (κ3) is 9.98. The molecule has 2 N–H and O–H groups in total. The Labute approximate surface area is 101 Å². The topological polar surface area (TPSA) is 66.4 Å². The fourth-order valence-corrected chi connectivity index (χ4v) is 1.97. The van der Waals surface area contributed by atoms with Crippen LogP contribution in [-0.4, -0.2) is 40.7 Å². The number of hydrogen-bond acceptors (Lipinski definition) is 3. The van der Waals surface area contributed by atoms with E-state index in [2.05, 4.69) is 5.32 Å². The molecule has 0 aromatic heterocycles. The highest BCUT2D eigenvalue weighted by molar-refractivity contribution is 7.99. The van der Waals surface area contributed by atoms with Gasteiger partial charge in [0.25, 0.3) is 0 Å². The van der Waals surface area contributed by atoms with E-state index in [0.717, 1.165) is 11.8 Å². The van der Waals surface area contributed by atoms with E-state index in [-0.39, 0.29) is 17.9 Å². The van der Waals surface area contributed by atoms with E-state index in [0.29, 0.717) is 0 Å². The first-order valence-corrected chi connectivity index (χ1v) is 6.02. The molecule has 0 spiro atoms. The smallest absolute Gasteiger partial charge is 0.389 e. The van der Waals surface area contributed by atoms with Gasteiger partial charge in [0.05, 0.1) is 0 Å². The summed E-state index contributed by atoms with van der Waals surface area (Å²) in [4.78, 5) is 21.3. The molecule has 0 saturated carbocycles. The first-order valence-electron chi connectivity index (χ1n) is 4.87.